The van der Waals surface area contributed by atoms with Crippen molar-refractivity contribution < 1.29 is 13.2 Å². The molecule has 0 fully saturated rings. The number of carbonyl (C=O) groups is 1. The molecule has 106 valence electrons. The fraction of sp³-hybridized carbons (Fsp3) is 0.444. The van der Waals surface area contributed by atoms with Gasteiger partial charge in [0.05, 0.1) is 11.3 Å². The van der Waals surface area contributed by atoms with E-state index < -0.39 is 15.9 Å². The Labute approximate surface area is 120 Å². The van der Waals surface area contributed by atoms with Gasteiger partial charge in [0.1, 0.15) is 0 Å². The van der Waals surface area contributed by atoms with Gasteiger partial charge in [0.15, 0.2) is 10.3 Å². The van der Waals surface area contributed by atoms with Gasteiger partial charge in [-0.15, -0.1) is 10.2 Å². The minimum Gasteiger partial charge on any atom is -0.351 e. The summed E-state index contributed by atoms with van der Waals surface area (Å²) in [6.07, 6.45) is 0. The third-order valence-corrected chi connectivity index (χ3v) is 3.92. The molecule has 1 heterocycles. The van der Waals surface area contributed by atoms with E-state index in [0.29, 0.717) is 6.54 Å². The Morgan fingerprint density at radius 2 is 2.05 bits per heavy atom. The molecule has 10 heteroatoms. The van der Waals surface area contributed by atoms with Crippen LogP contribution in [0.3, 0.4) is 0 Å². The number of carbonyl (C=O) groups excluding carboxylic acids is 1. The van der Waals surface area contributed by atoms with Gasteiger partial charge >= 0.3 is 0 Å². The van der Waals surface area contributed by atoms with Crippen molar-refractivity contribution in [2.75, 3.05) is 18.8 Å². The lowest BCUT2D eigenvalue weighted by atomic mass is 10.3. The molecule has 0 radical (unpaired) electrons. The molecule has 0 unspecified atom stereocenters. The van der Waals surface area contributed by atoms with Gasteiger partial charge in [-0.3, -0.25) is 4.79 Å². The van der Waals surface area contributed by atoms with Crippen molar-refractivity contribution in [1.82, 2.24) is 20.2 Å². The monoisotopic (exact) mass is 326 g/mol. The van der Waals surface area contributed by atoms with E-state index >= 15 is 0 Å². The average molecular weight is 327 g/mol. The molecular weight excluding hydrogens is 315 g/mol. The minimum absolute atomic E-state index is 0.0230. The van der Waals surface area contributed by atoms with E-state index in [2.05, 4.69) is 20.2 Å². The predicted molar refractivity (Wildman–Crippen MR) is 71.8 cm³/mol. The normalized spacial score (nSPS) is 11.3. The summed E-state index contributed by atoms with van der Waals surface area (Å²) in [6, 6.07) is 1.25. The predicted octanol–water partition coefficient (Wildman–Crippen LogP) is 0.453. The molecule has 0 bridgehead atoms. The Kier molecular flexibility index (Phi) is 5.92. The van der Waals surface area contributed by atoms with Crippen LogP contribution >= 0.6 is 23.2 Å². The zero-order valence-corrected chi connectivity index (χ0v) is 12.3. The van der Waals surface area contributed by atoms with E-state index in [1.165, 1.54) is 6.07 Å². The van der Waals surface area contributed by atoms with Crippen LogP contribution in [0.1, 0.15) is 17.3 Å². The van der Waals surface area contributed by atoms with Crippen molar-refractivity contribution >= 4 is 39.1 Å². The Hall–Kier alpha value is -0.960. The lowest BCUT2D eigenvalue weighted by Crippen LogP contribution is -2.34. The third-order valence-electron chi connectivity index (χ3n) is 1.98. The molecule has 0 saturated heterocycles. The Balaban J connectivity index is 2.59. The fourth-order valence-electron chi connectivity index (χ4n) is 1.20. The molecule has 0 aliphatic carbocycles. The summed E-state index contributed by atoms with van der Waals surface area (Å²) >= 11 is 11.3. The highest BCUT2D eigenvalue weighted by Gasteiger charge is 2.14. The molecule has 7 nitrogen and oxygen atoms in total. The van der Waals surface area contributed by atoms with Crippen molar-refractivity contribution in [3.05, 3.63) is 21.9 Å². The molecule has 19 heavy (non-hydrogen) atoms. The zero-order valence-electron chi connectivity index (χ0n) is 9.98. The number of hydrogen-bond acceptors (Lipinski definition) is 5. The Bertz CT molecular complexity index is 565. The van der Waals surface area contributed by atoms with Crippen LogP contribution in [0, 0.1) is 0 Å². The third kappa shape index (κ3) is 5.27. The molecule has 1 rings (SSSR count). The summed E-state index contributed by atoms with van der Waals surface area (Å²) in [5, 5.41) is 9.28. The van der Waals surface area contributed by atoms with Crippen molar-refractivity contribution in [2.45, 2.75) is 6.92 Å². The molecule has 0 spiro atoms. The standard InChI is InChI=1S/C9H12Cl2N4O3S/c1-2-13-19(17,18)4-3-12-9(16)6-5-7(10)14-15-8(6)11/h5,13H,2-4H2,1H3,(H,12,16). The van der Waals surface area contributed by atoms with Gasteiger partial charge in [-0.25, -0.2) is 13.1 Å². The summed E-state index contributed by atoms with van der Waals surface area (Å²) in [6.45, 7) is 1.91. The molecule has 1 aromatic rings. The topological polar surface area (TPSA) is 101 Å². The Morgan fingerprint density at radius 1 is 1.37 bits per heavy atom. The van der Waals surface area contributed by atoms with Gasteiger partial charge in [-0.05, 0) is 6.07 Å². The number of amides is 1. The summed E-state index contributed by atoms with van der Waals surface area (Å²) in [5.74, 6) is -0.787. The molecule has 0 saturated carbocycles. The lowest BCUT2D eigenvalue weighted by molar-refractivity contribution is 0.0955. The van der Waals surface area contributed by atoms with Crippen LogP contribution in [0.5, 0.6) is 0 Å². The fourth-order valence-corrected chi connectivity index (χ4v) is 2.48. The maximum atomic E-state index is 11.7. The van der Waals surface area contributed by atoms with E-state index in [9.17, 15) is 13.2 Å². The van der Waals surface area contributed by atoms with Crippen LogP contribution < -0.4 is 10.0 Å². The largest absolute Gasteiger partial charge is 0.351 e. The van der Waals surface area contributed by atoms with E-state index in [0.717, 1.165) is 0 Å². The van der Waals surface area contributed by atoms with Gasteiger partial charge < -0.3 is 5.32 Å². The number of sulfonamides is 1. The van der Waals surface area contributed by atoms with E-state index in [4.69, 9.17) is 23.2 Å². The van der Waals surface area contributed by atoms with E-state index in [1.807, 2.05) is 0 Å². The van der Waals surface area contributed by atoms with Crippen LogP contribution in [0.2, 0.25) is 10.3 Å². The maximum Gasteiger partial charge on any atom is 0.254 e. The van der Waals surface area contributed by atoms with Gasteiger partial charge in [-0.2, -0.15) is 0 Å². The zero-order chi connectivity index (χ0) is 14.5. The molecule has 0 atom stereocenters. The first-order chi connectivity index (χ1) is 8.85. The van der Waals surface area contributed by atoms with Gasteiger partial charge in [-0.1, -0.05) is 30.1 Å². The molecule has 0 aliphatic rings. The van der Waals surface area contributed by atoms with Gasteiger partial charge in [0.2, 0.25) is 10.0 Å². The first-order valence-corrected chi connectivity index (χ1v) is 7.71. The number of nitrogens with one attached hydrogen (secondary N) is 2. The SMILES string of the molecule is CCNS(=O)(=O)CCNC(=O)c1cc(Cl)nnc1Cl. The summed E-state index contributed by atoms with van der Waals surface area (Å²) in [7, 11) is -3.38. The smallest absolute Gasteiger partial charge is 0.254 e. The highest BCUT2D eigenvalue weighted by Crippen LogP contribution is 2.14. The highest BCUT2D eigenvalue weighted by molar-refractivity contribution is 7.89. The number of nitrogens with zero attached hydrogens (tertiary/aromatic N) is 2. The lowest BCUT2D eigenvalue weighted by Gasteiger charge is -2.07. The molecule has 0 aliphatic heterocycles. The quantitative estimate of drug-likeness (QED) is 0.790. The average Bonchev–Trinajstić information content (AvgIpc) is 2.31. The van der Waals surface area contributed by atoms with Crippen molar-refractivity contribution in [3.63, 3.8) is 0 Å². The molecule has 2 N–H and O–H groups in total. The van der Waals surface area contributed by atoms with E-state index in [1.54, 1.807) is 6.92 Å². The van der Waals surface area contributed by atoms with Crippen LogP contribution in [-0.2, 0) is 10.0 Å². The first-order valence-electron chi connectivity index (χ1n) is 5.30. The molecule has 1 amide bonds. The van der Waals surface area contributed by atoms with Crippen LogP contribution in [0.4, 0.5) is 0 Å². The van der Waals surface area contributed by atoms with Gasteiger partial charge in [0.25, 0.3) is 5.91 Å². The number of hydrogen-bond donors (Lipinski definition) is 2. The maximum absolute atomic E-state index is 11.7. The number of rotatable bonds is 6. The van der Waals surface area contributed by atoms with Gasteiger partial charge in [0, 0.05) is 13.1 Å². The second-order valence-electron chi connectivity index (χ2n) is 3.44. The van der Waals surface area contributed by atoms with Crippen LogP contribution in [0.15, 0.2) is 6.07 Å². The summed E-state index contributed by atoms with van der Waals surface area (Å²) in [5.41, 5.74) is 0.0440. The summed E-state index contributed by atoms with van der Waals surface area (Å²) in [4.78, 5) is 11.7. The minimum atomic E-state index is -3.38. The van der Waals surface area contributed by atoms with Crippen molar-refractivity contribution in [2.24, 2.45) is 0 Å². The number of aromatic nitrogens is 2. The van der Waals surface area contributed by atoms with Crippen molar-refractivity contribution in [3.8, 4) is 0 Å². The first kappa shape index (κ1) is 16.1. The van der Waals surface area contributed by atoms with E-state index in [-0.39, 0.29) is 28.2 Å². The second kappa shape index (κ2) is 6.99. The van der Waals surface area contributed by atoms with Crippen LogP contribution in [-0.4, -0.2) is 43.4 Å². The van der Waals surface area contributed by atoms with Crippen molar-refractivity contribution in [1.29, 1.82) is 0 Å². The number of halogens is 2. The second-order valence-corrected chi connectivity index (χ2v) is 6.12. The molecule has 0 aromatic carbocycles. The molecular formula is C9H12Cl2N4O3S. The highest BCUT2D eigenvalue weighted by atomic mass is 35.5. The van der Waals surface area contributed by atoms with Crippen LogP contribution in [0.25, 0.3) is 0 Å². The molecule has 1 aromatic heterocycles. The summed E-state index contributed by atoms with van der Waals surface area (Å²) < 4.78 is 25.0. The Morgan fingerprint density at radius 3 is 2.68 bits per heavy atom.